The molecule has 3 heterocycles. The van der Waals surface area contributed by atoms with E-state index in [1.807, 2.05) is 12.1 Å². The fraction of sp³-hybridized carbons (Fsp3) is 0.0952. The first-order valence-corrected chi connectivity index (χ1v) is 8.62. The van der Waals surface area contributed by atoms with Crippen LogP contribution in [0, 0.1) is 23.5 Å². The predicted octanol–water partition coefficient (Wildman–Crippen LogP) is 3.69. The number of nitrogens with zero attached hydrogens (tertiary/aromatic N) is 3. The molecule has 0 unspecified atom stereocenters. The second-order valence-electron chi connectivity index (χ2n) is 6.07. The third kappa shape index (κ3) is 3.81. The molecule has 0 amide bonds. The highest BCUT2D eigenvalue weighted by molar-refractivity contribution is 5.71. The van der Waals surface area contributed by atoms with E-state index in [0.717, 1.165) is 5.56 Å². The van der Waals surface area contributed by atoms with Crippen molar-refractivity contribution in [2.45, 2.75) is 6.42 Å². The molecule has 138 valence electrons. The lowest BCUT2D eigenvalue weighted by molar-refractivity contribution is 0.579. The van der Waals surface area contributed by atoms with Gasteiger partial charge in [0.25, 0.3) is 0 Å². The number of hydrogen-bond donors (Lipinski definition) is 2. The minimum atomic E-state index is -0.714. The van der Waals surface area contributed by atoms with E-state index in [1.54, 1.807) is 18.5 Å². The molecule has 0 bridgehead atoms. The number of imidazole rings is 1. The van der Waals surface area contributed by atoms with E-state index in [2.05, 4.69) is 37.1 Å². The van der Waals surface area contributed by atoms with Gasteiger partial charge < -0.3 is 10.3 Å². The van der Waals surface area contributed by atoms with Crippen LogP contribution in [0.5, 0.6) is 0 Å². The van der Waals surface area contributed by atoms with Gasteiger partial charge in [-0.05, 0) is 36.2 Å². The number of rotatable bonds is 4. The van der Waals surface area contributed by atoms with Gasteiger partial charge in [0.15, 0.2) is 11.5 Å². The highest BCUT2D eigenvalue weighted by Gasteiger charge is 2.12. The lowest BCUT2D eigenvalue weighted by Crippen LogP contribution is -2.08. The van der Waals surface area contributed by atoms with Gasteiger partial charge in [0, 0.05) is 30.7 Å². The molecule has 0 aliphatic carbocycles. The van der Waals surface area contributed by atoms with Crippen LogP contribution in [0.3, 0.4) is 0 Å². The highest BCUT2D eigenvalue weighted by Crippen LogP contribution is 2.21. The number of benzene rings is 1. The normalized spacial score (nSPS) is 10.5. The van der Waals surface area contributed by atoms with Crippen LogP contribution in [-0.4, -0.2) is 26.5 Å². The molecule has 3 aromatic heterocycles. The van der Waals surface area contributed by atoms with Gasteiger partial charge in [-0.15, -0.1) is 0 Å². The van der Waals surface area contributed by atoms with E-state index in [0.29, 0.717) is 29.7 Å². The molecule has 0 aliphatic rings. The second-order valence-corrected chi connectivity index (χ2v) is 6.07. The van der Waals surface area contributed by atoms with Crippen molar-refractivity contribution in [2.24, 2.45) is 0 Å². The molecule has 4 aromatic rings. The molecule has 0 fully saturated rings. The highest BCUT2D eigenvalue weighted by atomic mass is 19.1. The van der Waals surface area contributed by atoms with Gasteiger partial charge in [-0.25, -0.2) is 18.7 Å². The number of hydrogen-bond acceptors (Lipinski definition) is 4. The Morgan fingerprint density at radius 1 is 1.07 bits per heavy atom. The summed E-state index contributed by atoms with van der Waals surface area (Å²) in [7, 11) is 0. The molecule has 0 radical (unpaired) electrons. The fourth-order valence-corrected chi connectivity index (χ4v) is 2.72. The maximum absolute atomic E-state index is 14.7. The van der Waals surface area contributed by atoms with E-state index in [1.165, 1.54) is 24.7 Å². The van der Waals surface area contributed by atoms with Crippen molar-refractivity contribution in [2.75, 3.05) is 11.9 Å². The molecular formula is C21H15F2N5. The lowest BCUT2D eigenvalue weighted by atomic mass is 10.1. The summed E-state index contributed by atoms with van der Waals surface area (Å²) in [6.45, 7) is 0.488. The van der Waals surface area contributed by atoms with Crippen LogP contribution < -0.4 is 5.32 Å². The Hall–Kier alpha value is -3.79. The van der Waals surface area contributed by atoms with Crippen LogP contribution in [0.25, 0.3) is 11.2 Å². The van der Waals surface area contributed by atoms with E-state index < -0.39 is 11.6 Å². The number of nitrogens with one attached hydrogen (secondary N) is 2. The Kier molecular flexibility index (Phi) is 4.93. The van der Waals surface area contributed by atoms with Crippen LogP contribution >= 0.6 is 0 Å². The summed E-state index contributed by atoms with van der Waals surface area (Å²) in [5, 5.41) is 2.99. The Labute approximate surface area is 159 Å². The summed E-state index contributed by atoms with van der Waals surface area (Å²) in [4.78, 5) is 15.1. The molecule has 0 spiro atoms. The Bertz CT molecular complexity index is 1180. The van der Waals surface area contributed by atoms with Crippen LogP contribution in [0.4, 0.5) is 14.5 Å². The predicted molar refractivity (Wildman–Crippen MR) is 103 cm³/mol. The molecule has 0 saturated carbocycles. The molecule has 28 heavy (non-hydrogen) atoms. The molecule has 1 aromatic carbocycles. The van der Waals surface area contributed by atoms with Crippen molar-refractivity contribution in [1.82, 2.24) is 19.9 Å². The number of H-pyrrole nitrogens is 1. The smallest absolute Gasteiger partial charge is 0.177 e. The summed E-state index contributed by atoms with van der Waals surface area (Å²) >= 11 is 0. The number of pyridine rings is 2. The van der Waals surface area contributed by atoms with Crippen molar-refractivity contribution in [3.8, 4) is 11.8 Å². The minimum Gasteiger partial charge on any atom is -0.382 e. The van der Waals surface area contributed by atoms with Crippen molar-refractivity contribution in [1.29, 1.82) is 0 Å². The maximum Gasteiger partial charge on any atom is 0.177 e. The van der Waals surface area contributed by atoms with E-state index in [9.17, 15) is 8.78 Å². The summed E-state index contributed by atoms with van der Waals surface area (Å²) in [6, 6.07) is 8.09. The standard InChI is InChI=1S/C21H15F2N5/c22-17-5-6-18(25-9-7-14-2-1-8-24-11-14)20(23)16(17)4-3-15-10-19-21(26-12-15)28-13-27-19/h1-2,5-6,8,10-13,25H,7,9H2,(H,26,27,28). The summed E-state index contributed by atoms with van der Waals surface area (Å²) in [6.07, 6.45) is 7.16. The third-order valence-corrected chi connectivity index (χ3v) is 4.15. The quantitative estimate of drug-likeness (QED) is 0.534. The van der Waals surface area contributed by atoms with Gasteiger partial charge >= 0.3 is 0 Å². The average Bonchev–Trinajstić information content (AvgIpc) is 3.18. The molecule has 2 N–H and O–H groups in total. The Morgan fingerprint density at radius 2 is 2.00 bits per heavy atom. The van der Waals surface area contributed by atoms with E-state index in [-0.39, 0.29) is 11.3 Å². The van der Waals surface area contributed by atoms with E-state index in [4.69, 9.17) is 0 Å². The molecule has 4 rings (SSSR count). The average molecular weight is 375 g/mol. The number of anilines is 1. The van der Waals surface area contributed by atoms with Gasteiger partial charge in [0.1, 0.15) is 5.82 Å². The zero-order valence-corrected chi connectivity index (χ0v) is 14.7. The summed E-state index contributed by atoms with van der Waals surface area (Å²) in [5.74, 6) is 3.91. The third-order valence-electron chi connectivity index (χ3n) is 4.15. The Balaban J connectivity index is 1.53. The van der Waals surface area contributed by atoms with Gasteiger partial charge in [-0.2, -0.15) is 0 Å². The molecule has 0 aliphatic heterocycles. The molecular weight excluding hydrogens is 360 g/mol. The number of halogens is 2. The first-order valence-electron chi connectivity index (χ1n) is 8.62. The minimum absolute atomic E-state index is 0.205. The van der Waals surface area contributed by atoms with E-state index >= 15 is 0 Å². The fourth-order valence-electron chi connectivity index (χ4n) is 2.72. The first-order chi connectivity index (χ1) is 13.7. The molecule has 0 saturated heterocycles. The molecule has 0 atom stereocenters. The summed E-state index contributed by atoms with van der Waals surface area (Å²) in [5.41, 5.74) is 2.75. The van der Waals surface area contributed by atoms with Crippen molar-refractivity contribution in [3.63, 3.8) is 0 Å². The van der Waals surface area contributed by atoms with Gasteiger partial charge in [0.2, 0.25) is 0 Å². The monoisotopic (exact) mass is 375 g/mol. The second kappa shape index (κ2) is 7.84. The molecule has 7 heteroatoms. The number of aromatic nitrogens is 4. The van der Waals surface area contributed by atoms with Crippen molar-refractivity contribution < 1.29 is 8.78 Å². The topological polar surface area (TPSA) is 66.5 Å². The van der Waals surface area contributed by atoms with Crippen LogP contribution in [0.2, 0.25) is 0 Å². The maximum atomic E-state index is 14.7. The van der Waals surface area contributed by atoms with Gasteiger partial charge in [-0.1, -0.05) is 17.9 Å². The van der Waals surface area contributed by atoms with Gasteiger partial charge in [0.05, 0.1) is 23.1 Å². The SMILES string of the molecule is Fc1ccc(NCCc2cccnc2)c(F)c1C#Cc1cnc2nc[nH]c2c1. The van der Waals surface area contributed by atoms with Crippen molar-refractivity contribution in [3.05, 3.63) is 83.6 Å². The number of fused-ring (bicyclic) bond motifs is 1. The van der Waals surface area contributed by atoms with Crippen LogP contribution in [-0.2, 0) is 6.42 Å². The number of aromatic amines is 1. The largest absolute Gasteiger partial charge is 0.382 e. The lowest BCUT2D eigenvalue weighted by Gasteiger charge is -2.09. The van der Waals surface area contributed by atoms with Crippen LogP contribution in [0.1, 0.15) is 16.7 Å². The summed E-state index contributed by atoms with van der Waals surface area (Å²) < 4.78 is 28.8. The first kappa shape index (κ1) is 17.6. The zero-order chi connectivity index (χ0) is 19.3. The van der Waals surface area contributed by atoms with Crippen molar-refractivity contribution >= 4 is 16.9 Å². The molecule has 5 nitrogen and oxygen atoms in total. The van der Waals surface area contributed by atoms with Crippen LogP contribution in [0.15, 0.2) is 55.2 Å². The van der Waals surface area contributed by atoms with Gasteiger partial charge in [-0.3, -0.25) is 4.98 Å². The Morgan fingerprint density at radius 3 is 2.86 bits per heavy atom. The zero-order valence-electron chi connectivity index (χ0n) is 14.7.